The molecule has 1 aliphatic rings. The summed E-state index contributed by atoms with van der Waals surface area (Å²) in [5.41, 5.74) is 0. The zero-order valence-corrected chi connectivity index (χ0v) is 7.41. The Kier molecular flexibility index (Phi) is 2.78. The predicted octanol–water partition coefficient (Wildman–Crippen LogP) is 1.96. The van der Waals surface area contributed by atoms with Gasteiger partial charge in [0.1, 0.15) is 5.78 Å². The molecule has 0 aromatic carbocycles. The summed E-state index contributed by atoms with van der Waals surface area (Å²) in [4.78, 5) is 11.2. The van der Waals surface area contributed by atoms with Crippen molar-refractivity contribution in [1.82, 2.24) is 0 Å². The van der Waals surface area contributed by atoms with Gasteiger partial charge in [-0.1, -0.05) is 13.3 Å². The first-order valence-electron chi connectivity index (χ1n) is 3.81. The van der Waals surface area contributed by atoms with Crippen molar-refractivity contribution in [2.75, 3.05) is 12.0 Å². The molecule has 0 aliphatic heterocycles. The van der Waals surface area contributed by atoms with Gasteiger partial charge >= 0.3 is 0 Å². The minimum atomic E-state index is 0.442. The van der Waals surface area contributed by atoms with E-state index < -0.39 is 0 Å². The van der Waals surface area contributed by atoms with Crippen LogP contribution in [0.4, 0.5) is 0 Å². The molecule has 0 aromatic heterocycles. The van der Waals surface area contributed by atoms with E-state index in [2.05, 4.69) is 6.92 Å². The molecule has 0 bridgehead atoms. The average Bonchev–Trinajstić information content (AvgIpc) is 2.66. The molecule has 2 atom stereocenters. The van der Waals surface area contributed by atoms with Crippen LogP contribution in [0.1, 0.15) is 19.8 Å². The molecule has 0 radical (unpaired) electrons. The quantitative estimate of drug-likeness (QED) is 0.622. The Balaban J connectivity index is 2.19. The minimum absolute atomic E-state index is 0.442. The van der Waals surface area contributed by atoms with Crippen molar-refractivity contribution in [3.63, 3.8) is 0 Å². The third-order valence-corrected chi connectivity index (χ3v) is 2.72. The lowest BCUT2D eigenvalue weighted by Crippen LogP contribution is -2.04. The fourth-order valence-corrected chi connectivity index (χ4v) is 1.84. The standard InChI is InChI=1S/C8H14OS/c1-3-6-4-7(6)8(9)5-10-2/h6-7H,3-5H2,1-2H3/t6-,7-/m1/s1. The molecule has 10 heavy (non-hydrogen) atoms. The van der Waals surface area contributed by atoms with Crippen LogP contribution >= 0.6 is 11.8 Å². The van der Waals surface area contributed by atoms with Crippen LogP contribution in [-0.4, -0.2) is 17.8 Å². The zero-order chi connectivity index (χ0) is 7.56. The van der Waals surface area contributed by atoms with E-state index in [1.165, 1.54) is 6.42 Å². The summed E-state index contributed by atoms with van der Waals surface area (Å²) in [7, 11) is 0. The Labute approximate surface area is 66.6 Å². The number of hydrogen-bond acceptors (Lipinski definition) is 2. The highest BCUT2D eigenvalue weighted by Gasteiger charge is 2.40. The molecular formula is C8H14OS. The van der Waals surface area contributed by atoms with E-state index >= 15 is 0 Å². The number of hydrogen-bond donors (Lipinski definition) is 0. The lowest BCUT2D eigenvalue weighted by atomic mass is 10.2. The second kappa shape index (κ2) is 3.42. The number of carbonyl (C=O) groups is 1. The summed E-state index contributed by atoms with van der Waals surface area (Å²) < 4.78 is 0. The highest BCUT2D eigenvalue weighted by Crippen LogP contribution is 2.41. The first-order valence-corrected chi connectivity index (χ1v) is 5.20. The maximum Gasteiger partial charge on any atom is 0.146 e. The summed E-state index contributed by atoms with van der Waals surface area (Å²) in [6, 6.07) is 0. The molecule has 1 saturated carbocycles. The van der Waals surface area contributed by atoms with E-state index in [0.717, 1.165) is 18.1 Å². The SMILES string of the molecule is CC[C@@H]1C[C@H]1C(=O)CSC. The average molecular weight is 158 g/mol. The number of ketones is 1. The number of rotatable bonds is 4. The molecule has 0 unspecified atom stereocenters. The van der Waals surface area contributed by atoms with E-state index in [0.29, 0.717) is 11.7 Å². The van der Waals surface area contributed by atoms with Gasteiger partial charge in [-0.25, -0.2) is 0 Å². The monoisotopic (exact) mass is 158 g/mol. The lowest BCUT2D eigenvalue weighted by Gasteiger charge is -1.93. The first kappa shape index (κ1) is 8.12. The number of Topliss-reactive ketones (excluding diaryl/α,β-unsaturated/α-hetero) is 1. The first-order chi connectivity index (χ1) is 4.79. The van der Waals surface area contributed by atoms with Gasteiger partial charge in [-0.2, -0.15) is 11.8 Å². The van der Waals surface area contributed by atoms with Crippen LogP contribution in [0.25, 0.3) is 0 Å². The molecule has 0 heterocycles. The van der Waals surface area contributed by atoms with Crippen molar-refractivity contribution < 1.29 is 4.79 Å². The lowest BCUT2D eigenvalue weighted by molar-refractivity contribution is -0.118. The van der Waals surface area contributed by atoms with Crippen LogP contribution in [0.3, 0.4) is 0 Å². The zero-order valence-electron chi connectivity index (χ0n) is 6.59. The topological polar surface area (TPSA) is 17.1 Å². The minimum Gasteiger partial charge on any atom is -0.298 e. The normalized spacial score (nSPS) is 30.2. The highest BCUT2D eigenvalue weighted by atomic mass is 32.2. The van der Waals surface area contributed by atoms with E-state index in [-0.39, 0.29) is 0 Å². The van der Waals surface area contributed by atoms with Crippen molar-refractivity contribution in [2.24, 2.45) is 11.8 Å². The van der Waals surface area contributed by atoms with Gasteiger partial charge in [0.15, 0.2) is 0 Å². The second-order valence-corrected chi connectivity index (χ2v) is 3.78. The number of thioether (sulfide) groups is 1. The molecule has 1 aliphatic carbocycles. The number of carbonyl (C=O) groups excluding carboxylic acids is 1. The molecule has 0 aromatic rings. The summed E-state index contributed by atoms with van der Waals surface area (Å²) >= 11 is 1.64. The Bertz CT molecular complexity index is 133. The van der Waals surface area contributed by atoms with E-state index in [1.807, 2.05) is 6.26 Å². The van der Waals surface area contributed by atoms with Crippen molar-refractivity contribution in [3.05, 3.63) is 0 Å². The maximum atomic E-state index is 11.2. The van der Waals surface area contributed by atoms with Gasteiger partial charge < -0.3 is 0 Å². The van der Waals surface area contributed by atoms with Crippen LogP contribution in [0.2, 0.25) is 0 Å². The van der Waals surface area contributed by atoms with Gasteiger partial charge in [-0.05, 0) is 18.6 Å². The van der Waals surface area contributed by atoms with E-state index in [4.69, 9.17) is 0 Å². The van der Waals surface area contributed by atoms with Crippen LogP contribution in [-0.2, 0) is 4.79 Å². The Morgan fingerprint density at radius 2 is 2.40 bits per heavy atom. The van der Waals surface area contributed by atoms with Crippen LogP contribution < -0.4 is 0 Å². The fourth-order valence-electron chi connectivity index (χ4n) is 1.34. The predicted molar refractivity (Wildman–Crippen MR) is 45.3 cm³/mol. The van der Waals surface area contributed by atoms with Gasteiger partial charge in [-0.3, -0.25) is 4.79 Å². The molecule has 1 rings (SSSR count). The summed E-state index contributed by atoms with van der Waals surface area (Å²) in [5, 5.41) is 0. The molecule has 0 spiro atoms. The molecule has 1 nitrogen and oxygen atoms in total. The van der Waals surface area contributed by atoms with Gasteiger partial charge in [0, 0.05) is 5.92 Å². The molecule has 2 heteroatoms. The fraction of sp³-hybridized carbons (Fsp3) is 0.875. The van der Waals surface area contributed by atoms with Crippen molar-refractivity contribution in [2.45, 2.75) is 19.8 Å². The Hall–Kier alpha value is 0.0200. The van der Waals surface area contributed by atoms with Crippen LogP contribution in [0.15, 0.2) is 0 Å². The smallest absolute Gasteiger partial charge is 0.146 e. The van der Waals surface area contributed by atoms with Crippen LogP contribution in [0, 0.1) is 11.8 Å². The molecule has 0 N–H and O–H groups in total. The Morgan fingerprint density at radius 1 is 1.70 bits per heavy atom. The summed E-state index contributed by atoms with van der Waals surface area (Å²) in [6.45, 7) is 2.16. The van der Waals surface area contributed by atoms with Gasteiger partial charge in [-0.15, -0.1) is 0 Å². The summed E-state index contributed by atoms with van der Waals surface area (Å²) in [5.74, 6) is 2.37. The highest BCUT2D eigenvalue weighted by molar-refractivity contribution is 7.99. The summed E-state index contributed by atoms with van der Waals surface area (Å²) in [6.07, 6.45) is 4.34. The molecule has 58 valence electrons. The second-order valence-electron chi connectivity index (χ2n) is 2.91. The maximum absolute atomic E-state index is 11.2. The van der Waals surface area contributed by atoms with Crippen molar-refractivity contribution in [1.29, 1.82) is 0 Å². The van der Waals surface area contributed by atoms with Gasteiger partial charge in [0.05, 0.1) is 5.75 Å². The molecule has 1 fully saturated rings. The van der Waals surface area contributed by atoms with Crippen molar-refractivity contribution in [3.8, 4) is 0 Å². The Morgan fingerprint density at radius 3 is 2.80 bits per heavy atom. The molecular weight excluding hydrogens is 144 g/mol. The van der Waals surface area contributed by atoms with E-state index in [1.54, 1.807) is 11.8 Å². The third kappa shape index (κ3) is 1.75. The third-order valence-electron chi connectivity index (χ3n) is 2.15. The van der Waals surface area contributed by atoms with Gasteiger partial charge in [0.2, 0.25) is 0 Å². The van der Waals surface area contributed by atoms with Crippen LogP contribution in [0.5, 0.6) is 0 Å². The van der Waals surface area contributed by atoms with Crippen molar-refractivity contribution >= 4 is 17.5 Å². The molecule has 0 amide bonds. The van der Waals surface area contributed by atoms with E-state index in [9.17, 15) is 4.79 Å². The van der Waals surface area contributed by atoms with Gasteiger partial charge in [0.25, 0.3) is 0 Å². The molecule has 0 saturated heterocycles. The largest absolute Gasteiger partial charge is 0.298 e.